The number of imidazole rings is 1. The van der Waals surface area contributed by atoms with Crippen molar-refractivity contribution in [1.29, 1.82) is 0 Å². The summed E-state index contributed by atoms with van der Waals surface area (Å²) in [5, 5.41) is 22.6. The van der Waals surface area contributed by atoms with Crippen molar-refractivity contribution in [1.82, 2.24) is 30.0 Å². The molecule has 0 aliphatic carbocycles. The number of likely N-dealkylation sites (N-methyl/N-ethyl adjacent to an activating group) is 1. The lowest BCUT2D eigenvalue weighted by Gasteiger charge is -2.32. The summed E-state index contributed by atoms with van der Waals surface area (Å²) in [5.74, 6) is 0.582. The number of non-ortho nitro benzene ring substituents is 1. The minimum absolute atomic E-state index is 0.0271. The summed E-state index contributed by atoms with van der Waals surface area (Å²) >= 11 is 0. The standard InChI is InChI=1S/C22H26N8O2/c1-28-9-11-29(12-10-28)8-2-7-23-15-3-5-19-20(13-15)25-22(24-19)21-17-14-16(30(31)32)4-6-18(17)26-27-21/h3-6,13-14,23H,2,7-12H2,1H3,(H,24,25)(H,26,27). The van der Waals surface area contributed by atoms with Gasteiger partial charge < -0.3 is 20.1 Å². The lowest BCUT2D eigenvalue weighted by molar-refractivity contribution is -0.384. The van der Waals surface area contributed by atoms with Gasteiger partial charge in [0.1, 0.15) is 5.69 Å². The molecule has 166 valence electrons. The van der Waals surface area contributed by atoms with Crippen LogP contribution in [0.2, 0.25) is 0 Å². The molecule has 0 bridgehead atoms. The molecule has 1 aliphatic heterocycles. The van der Waals surface area contributed by atoms with Crippen LogP contribution < -0.4 is 5.32 Å². The maximum absolute atomic E-state index is 11.1. The molecule has 0 atom stereocenters. The summed E-state index contributed by atoms with van der Waals surface area (Å²) in [6.07, 6.45) is 1.09. The summed E-state index contributed by atoms with van der Waals surface area (Å²) in [6, 6.07) is 10.7. The smallest absolute Gasteiger partial charge is 0.270 e. The van der Waals surface area contributed by atoms with Crippen molar-refractivity contribution in [2.45, 2.75) is 6.42 Å². The third-order valence-electron chi connectivity index (χ3n) is 6.04. The Hall–Kier alpha value is -3.50. The highest BCUT2D eigenvalue weighted by Gasteiger charge is 2.16. The van der Waals surface area contributed by atoms with E-state index >= 15 is 0 Å². The van der Waals surface area contributed by atoms with Gasteiger partial charge in [-0.05, 0) is 44.3 Å². The summed E-state index contributed by atoms with van der Waals surface area (Å²) in [6.45, 7) is 6.59. The first-order chi connectivity index (χ1) is 15.6. The second-order valence-corrected chi connectivity index (χ2v) is 8.30. The van der Waals surface area contributed by atoms with E-state index in [4.69, 9.17) is 0 Å². The summed E-state index contributed by atoms with van der Waals surface area (Å²) in [4.78, 5) is 23.6. The number of benzene rings is 2. The molecule has 5 rings (SSSR count). The molecule has 0 unspecified atom stereocenters. The number of aromatic nitrogens is 4. The van der Waals surface area contributed by atoms with Crippen LogP contribution in [0.25, 0.3) is 33.5 Å². The van der Waals surface area contributed by atoms with Crippen LogP contribution >= 0.6 is 0 Å². The average molecular weight is 435 g/mol. The van der Waals surface area contributed by atoms with Crippen LogP contribution in [0.3, 0.4) is 0 Å². The van der Waals surface area contributed by atoms with Gasteiger partial charge in [-0.25, -0.2) is 4.98 Å². The molecule has 1 aliphatic rings. The SMILES string of the molecule is CN1CCN(CCCNc2ccc3nc(-c4n[nH]c5ccc([N+](=O)[O-])cc45)[nH]c3c2)CC1. The van der Waals surface area contributed by atoms with Gasteiger partial charge in [0.05, 0.1) is 21.5 Å². The molecule has 0 spiro atoms. The van der Waals surface area contributed by atoms with Crippen LogP contribution in [0.4, 0.5) is 11.4 Å². The third kappa shape index (κ3) is 4.14. The first-order valence-electron chi connectivity index (χ1n) is 10.8. The lowest BCUT2D eigenvalue weighted by Crippen LogP contribution is -2.44. The molecule has 1 fully saturated rings. The zero-order valence-corrected chi connectivity index (χ0v) is 18.0. The Bertz CT molecular complexity index is 1260. The molecule has 10 heteroatoms. The Morgan fingerprint density at radius 3 is 2.78 bits per heavy atom. The topological polar surface area (TPSA) is 119 Å². The van der Waals surface area contributed by atoms with Gasteiger partial charge in [-0.2, -0.15) is 5.10 Å². The second-order valence-electron chi connectivity index (χ2n) is 8.30. The molecule has 2 aromatic carbocycles. The number of nitrogens with one attached hydrogen (secondary N) is 3. The number of H-pyrrole nitrogens is 2. The third-order valence-corrected chi connectivity index (χ3v) is 6.04. The Balaban J connectivity index is 1.28. The van der Waals surface area contributed by atoms with Crippen molar-refractivity contribution in [2.24, 2.45) is 0 Å². The molecule has 0 radical (unpaired) electrons. The number of nitro benzene ring substituents is 1. The van der Waals surface area contributed by atoms with E-state index in [0.29, 0.717) is 16.9 Å². The van der Waals surface area contributed by atoms with E-state index in [1.165, 1.54) is 12.1 Å². The van der Waals surface area contributed by atoms with Gasteiger partial charge in [-0.3, -0.25) is 15.2 Å². The number of piperazine rings is 1. The van der Waals surface area contributed by atoms with Crippen LogP contribution in [0.5, 0.6) is 0 Å². The van der Waals surface area contributed by atoms with Gasteiger partial charge in [-0.1, -0.05) is 0 Å². The Labute approximate surface area is 184 Å². The normalized spacial score (nSPS) is 15.5. The fraction of sp³-hybridized carbons (Fsp3) is 0.364. The summed E-state index contributed by atoms with van der Waals surface area (Å²) < 4.78 is 0. The molecule has 3 N–H and O–H groups in total. The van der Waals surface area contributed by atoms with Crippen LogP contribution in [0.15, 0.2) is 36.4 Å². The maximum atomic E-state index is 11.1. The Morgan fingerprint density at radius 2 is 1.97 bits per heavy atom. The molecule has 2 aromatic heterocycles. The predicted molar refractivity (Wildman–Crippen MR) is 125 cm³/mol. The van der Waals surface area contributed by atoms with Crippen molar-refractivity contribution in [3.05, 3.63) is 46.5 Å². The number of fused-ring (bicyclic) bond motifs is 2. The van der Waals surface area contributed by atoms with E-state index in [2.05, 4.69) is 42.3 Å². The zero-order valence-electron chi connectivity index (χ0n) is 18.0. The number of hydrogen-bond donors (Lipinski definition) is 3. The molecular weight excluding hydrogens is 408 g/mol. The summed E-state index contributed by atoms with van der Waals surface area (Å²) in [5.41, 5.74) is 4.08. The highest BCUT2D eigenvalue weighted by atomic mass is 16.6. The number of aromatic amines is 2. The molecule has 1 saturated heterocycles. The number of hydrogen-bond acceptors (Lipinski definition) is 7. The number of rotatable bonds is 7. The van der Waals surface area contributed by atoms with Crippen molar-refractivity contribution >= 4 is 33.3 Å². The van der Waals surface area contributed by atoms with Gasteiger partial charge in [-0.15, -0.1) is 0 Å². The van der Waals surface area contributed by atoms with E-state index in [1.807, 2.05) is 18.2 Å². The van der Waals surface area contributed by atoms with Crippen LogP contribution in [0, 0.1) is 10.1 Å². The quantitative estimate of drug-likeness (QED) is 0.232. The predicted octanol–water partition coefficient (Wildman–Crippen LogP) is 3.06. The first kappa shape index (κ1) is 20.4. The number of nitro groups is 1. The second kappa shape index (κ2) is 8.56. The molecule has 10 nitrogen and oxygen atoms in total. The highest BCUT2D eigenvalue weighted by Crippen LogP contribution is 2.29. The fourth-order valence-corrected chi connectivity index (χ4v) is 4.13. The van der Waals surface area contributed by atoms with Crippen molar-refractivity contribution in [3.63, 3.8) is 0 Å². The highest BCUT2D eigenvalue weighted by molar-refractivity contribution is 5.94. The van der Waals surface area contributed by atoms with E-state index in [0.717, 1.165) is 67.9 Å². The zero-order chi connectivity index (χ0) is 22.1. The Kier molecular flexibility index (Phi) is 5.46. The van der Waals surface area contributed by atoms with Crippen LogP contribution in [-0.4, -0.2) is 81.2 Å². The van der Waals surface area contributed by atoms with E-state index < -0.39 is 4.92 Å². The van der Waals surface area contributed by atoms with Crippen LogP contribution in [-0.2, 0) is 0 Å². The molecule has 0 amide bonds. The van der Waals surface area contributed by atoms with Gasteiger partial charge in [0.15, 0.2) is 5.82 Å². The lowest BCUT2D eigenvalue weighted by atomic mass is 10.2. The van der Waals surface area contributed by atoms with E-state index in [-0.39, 0.29) is 5.69 Å². The fourth-order valence-electron chi connectivity index (χ4n) is 4.13. The maximum Gasteiger partial charge on any atom is 0.270 e. The number of nitrogens with zero attached hydrogens (tertiary/aromatic N) is 5. The van der Waals surface area contributed by atoms with E-state index in [1.54, 1.807) is 6.07 Å². The monoisotopic (exact) mass is 434 g/mol. The average Bonchev–Trinajstić information content (AvgIpc) is 3.40. The molecule has 0 saturated carbocycles. The Morgan fingerprint density at radius 1 is 1.12 bits per heavy atom. The van der Waals surface area contributed by atoms with Gasteiger partial charge >= 0.3 is 0 Å². The molecular formula is C22H26N8O2. The first-order valence-corrected chi connectivity index (χ1v) is 10.8. The van der Waals surface area contributed by atoms with Gasteiger partial charge in [0, 0.05) is 55.9 Å². The van der Waals surface area contributed by atoms with Gasteiger partial charge in [0.25, 0.3) is 5.69 Å². The van der Waals surface area contributed by atoms with Crippen molar-refractivity contribution in [2.75, 3.05) is 51.6 Å². The van der Waals surface area contributed by atoms with Crippen molar-refractivity contribution in [3.8, 4) is 11.5 Å². The van der Waals surface area contributed by atoms with E-state index in [9.17, 15) is 10.1 Å². The van der Waals surface area contributed by atoms with Gasteiger partial charge in [0.2, 0.25) is 0 Å². The van der Waals surface area contributed by atoms with Crippen LogP contribution in [0.1, 0.15) is 6.42 Å². The largest absolute Gasteiger partial charge is 0.385 e. The molecule has 3 heterocycles. The molecule has 32 heavy (non-hydrogen) atoms. The minimum Gasteiger partial charge on any atom is -0.385 e. The summed E-state index contributed by atoms with van der Waals surface area (Å²) in [7, 11) is 2.17. The minimum atomic E-state index is -0.406. The van der Waals surface area contributed by atoms with Crippen molar-refractivity contribution < 1.29 is 4.92 Å². The molecule has 4 aromatic rings. The number of anilines is 1.